The number of benzene rings is 2. The lowest BCUT2D eigenvalue weighted by molar-refractivity contribution is 0.103. The lowest BCUT2D eigenvalue weighted by Gasteiger charge is -2.08. The molecule has 2 nitrogen and oxygen atoms in total. The minimum atomic E-state index is -0.110. The lowest BCUT2D eigenvalue weighted by Crippen LogP contribution is -2.05. The van der Waals surface area contributed by atoms with E-state index in [1.54, 1.807) is 12.1 Å². The minimum Gasteiger partial charge on any atom is -0.396 e. The van der Waals surface area contributed by atoms with Crippen LogP contribution in [0.15, 0.2) is 30.3 Å². The van der Waals surface area contributed by atoms with Gasteiger partial charge in [0.25, 0.3) is 0 Å². The van der Waals surface area contributed by atoms with E-state index < -0.39 is 0 Å². The SMILES string of the molecule is Cc1ccc(C(=O)c2cc(Cl)c(N)c(Cl)c2)c(C)c1. The monoisotopic (exact) mass is 293 g/mol. The van der Waals surface area contributed by atoms with E-state index in [0.717, 1.165) is 11.1 Å². The largest absolute Gasteiger partial charge is 0.396 e. The van der Waals surface area contributed by atoms with Gasteiger partial charge in [-0.25, -0.2) is 0 Å². The van der Waals surface area contributed by atoms with Crippen LogP contribution in [0.2, 0.25) is 10.0 Å². The van der Waals surface area contributed by atoms with Gasteiger partial charge < -0.3 is 5.73 Å². The lowest BCUT2D eigenvalue weighted by atomic mass is 9.97. The van der Waals surface area contributed by atoms with Crippen LogP contribution in [0.3, 0.4) is 0 Å². The number of carbonyl (C=O) groups is 1. The van der Waals surface area contributed by atoms with Gasteiger partial charge in [-0.05, 0) is 31.5 Å². The topological polar surface area (TPSA) is 43.1 Å². The van der Waals surface area contributed by atoms with Crippen LogP contribution in [-0.4, -0.2) is 5.78 Å². The number of hydrogen-bond acceptors (Lipinski definition) is 2. The number of nitrogens with two attached hydrogens (primary N) is 1. The first kappa shape index (κ1) is 13.9. The molecule has 0 aliphatic heterocycles. The first-order valence-corrected chi connectivity index (χ1v) is 6.52. The van der Waals surface area contributed by atoms with E-state index in [-0.39, 0.29) is 5.78 Å². The second-order valence-corrected chi connectivity index (χ2v) is 5.32. The van der Waals surface area contributed by atoms with Gasteiger partial charge in [-0.15, -0.1) is 0 Å². The molecule has 4 heteroatoms. The quantitative estimate of drug-likeness (QED) is 0.658. The van der Waals surface area contributed by atoms with E-state index in [1.165, 1.54) is 0 Å². The fourth-order valence-electron chi connectivity index (χ4n) is 1.94. The van der Waals surface area contributed by atoms with Crippen LogP contribution in [0.1, 0.15) is 27.0 Å². The van der Waals surface area contributed by atoms with Gasteiger partial charge in [-0.1, -0.05) is 47.0 Å². The second-order valence-electron chi connectivity index (χ2n) is 4.50. The van der Waals surface area contributed by atoms with Crippen molar-refractivity contribution in [3.05, 3.63) is 62.6 Å². The molecule has 2 N–H and O–H groups in total. The van der Waals surface area contributed by atoms with E-state index >= 15 is 0 Å². The van der Waals surface area contributed by atoms with E-state index in [4.69, 9.17) is 28.9 Å². The van der Waals surface area contributed by atoms with E-state index in [9.17, 15) is 4.79 Å². The van der Waals surface area contributed by atoms with Gasteiger partial charge in [-0.2, -0.15) is 0 Å². The molecule has 0 radical (unpaired) electrons. The normalized spacial score (nSPS) is 10.5. The van der Waals surface area contributed by atoms with Crippen molar-refractivity contribution < 1.29 is 4.79 Å². The first-order chi connectivity index (χ1) is 8.90. The molecule has 0 aromatic heterocycles. The van der Waals surface area contributed by atoms with Crippen molar-refractivity contribution in [1.82, 2.24) is 0 Å². The van der Waals surface area contributed by atoms with Gasteiger partial charge in [-0.3, -0.25) is 4.79 Å². The number of hydrogen-bond donors (Lipinski definition) is 1. The maximum absolute atomic E-state index is 12.4. The summed E-state index contributed by atoms with van der Waals surface area (Å²) >= 11 is 11.9. The summed E-state index contributed by atoms with van der Waals surface area (Å²) in [5.41, 5.74) is 9.08. The smallest absolute Gasteiger partial charge is 0.193 e. The van der Waals surface area contributed by atoms with Crippen LogP contribution in [0, 0.1) is 13.8 Å². The summed E-state index contributed by atoms with van der Waals surface area (Å²) in [4.78, 5) is 12.4. The molecule has 0 amide bonds. The molecule has 2 aromatic rings. The van der Waals surface area contributed by atoms with Gasteiger partial charge in [0, 0.05) is 11.1 Å². The Balaban J connectivity index is 2.50. The maximum atomic E-state index is 12.4. The van der Waals surface area contributed by atoms with Crippen molar-refractivity contribution in [1.29, 1.82) is 0 Å². The van der Waals surface area contributed by atoms with Gasteiger partial charge in [0.05, 0.1) is 15.7 Å². The molecule has 0 unspecified atom stereocenters. The summed E-state index contributed by atoms with van der Waals surface area (Å²) in [7, 11) is 0. The number of nitrogen functional groups attached to an aromatic ring is 1. The maximum Gasteiger partial charge on any atom is 0.193 e. The third kappa shape index (κ3) is 2.75. The molecule has 0 spiro atoms. The van der Waals surface area contributed by atoms with Crippen LogP contribution in [0.5, 0.6) is 0 Å². The average Bonchev–Trinajstić information content (AvgIpc) is 2.34. The van der Waals surface area contributed by atoms with Crippen molar-refractivity contribution in [3.8, 4) is 0 Å². The van der Waals surface area contributed by atoms with Crippen LogP contribution in [0.4, 0.5) is 5.69 Å². The van der Waals surface area contributed by atoms with Crippen LogP contribution in [0.25, 0.3) is 0 Å². The highest BCUT2D eigenvalue weighted by Crippen LogP contribution is 2.30. The van der Waals surface area contributed by atoms with Crippen molar-refractivity contribution in [2.24, 2.45) is 0 Å². The van der Waals surface area contributed by atoms with Gasteiger partial charge in [0.1, 0.15) is 0 Å². The Morgan fingerprint density at radius 3 is 2.16 bits per heavy atom. The number of aryl methyl sites for hydroxylation is 2. The summed E-state index contributed by atoms with van der Waals surface area (Å²) in [6.45, 7) is 3.89. The van der Waals surface area contributed by atoms with Crippen LogP contribution >= 0.6 is 23.2 Å². The Labute approximate surface area is 122 Å². The Morgan fingerprint density at radius 2 is 1.63 bits per heavy atom. The standard InChI is InChI=1S/C15H13Cl2NO/c1-8-3-4-11(9(2)5-8)15(19)10-6-12(16)14(18)13(17)7-10/h3-7H,18H2,1-2H3. The molecule has 0 aliphatic carbocycles. The zero-order valence-corrected chi connectivity index (χ0v) is 12.1. The molecule has 2 aromatic carbocycles. The predicted molar refractivity (Wildman–Crippen MR) is 80.2 cm³/mol. The number of rotatable bonds is 2. The molecule has 0 saturated heterocycles. The molecular formula is C15H13Cl2NO. The molecule has 0 heterocycles. The zero-order chi connectivity index (χ0) is 14.2. The van der Waals surface area contributed by atoms with Gasteiger partial charge in [0.15, 0.2) is 5.78 Å². The summed E-state index contributed by atoms with van der Waals surface area (Å²) in [5.74, 6) is -0.110. The molecule has 19 heavy (non-hydrogen) atoms. The molecule has 0 fully saturated rings. The molecule has 2 rings (SSSR count). The Hall–Kier alpha value is -1.51. The summed E-state index contributed by atoms with van der Waals surface area (Å²) in [6, 6.07) is 8.77. The van der Waals surface area contributed by atoms with E-state index in [1.807, 2.05) is 32.0 Å². The number of anilines is 1. The van der Waals surface area contributed by atoms with E-state index in [0.29, 0.717) is 26.9 Å². The fraction of sp³-hybridized carbons (Fsp3) is 0.133. The molecule has 0 atom stereocenters. The summed E-state index contributed by atoms with van der Waals surface area (Å²) in [6.07, 6.45) is 0. The summed E-state index contributed by atoms with van der Waals surface area (Å²) in [5, 5.41) is 0.584. The number of halogens is 2. The van der Waals surface area contributed by atoms with E-state index in [2.05, 4.69) is 0 Å². The fourth-order valence-corrected chi connectivity index (χ4v) is 2.43. The Bertz CT molecular complexity index is 642. The highest BCUT2D eigenvalue weighted by Gasteiger charge is 2.15. The van der Waals surface area contributed by atoms with Gasteiger partial charge >= 0.3 is 0 Å². The molecule has 98 valence electrons. The Kier molecular flexibility index (Phi) is 3.83. The Morgan fingerprint density at radius 1 is 1.05 bits per heavy atom. The third-order valence-electron chi connectivity index (χ3n) is 2.97. The predicted octanol–water partition coefficient (Wildman–Crippen LogP) is 4.42. The van der Waals surface area contributed by atoms with Crippen molar-refractivity contribution in [2.75, 3.05) is 5.73 Å². The average molecular weight is 294 g/mol. The highest BCUT2D eigenvalue weighted by molar-refractivity contribution is 6.39. The highest BCUT2D eigenvalue weighted by atomic mass is 35.5. The first-order valence-electron chi connectivity index (χ1n) is 5.76. The van der Waals surface area contributed by atoms with Gasteiger partial charge in [0.2, 0.25) is 0 Å². The third-order valence-corrected chi connectivity index (χ3v) is 3.59. The number of carbonyl (C=O) groups excluding carboxylic acids is 1. The molecular weight excluding hydrogens is 281 g/mol. The zero-order valence-electron chi connectivity index (χ0n) is 10.6. The molecule has 0 bridgehead atoms. The second kappa shape index (κ2) is 5.24. The summed E-state index contributed by atoms with van der Waals surface area (Å²) < 4.78 is 0. The van der Waals surface area contributed by atoms with Crippen molar-refractivity contribution in [2.45, 2.75) is 13.8 Å². The molecule has 0 aliphatic rings. The molecule has 0 saturated carbocycles. The minimum absolute atomic E-state index is 0.110. The van der Waals surface area contributed by atoms with Crippen LogP contribution < -0.4 is 5.73 Å². The van der Waals surface area contributed by atoms with Crippen molar-refractivity contribution in [3.63, 3.8) is 0 Å². The van der Waals surface area contributed by atoms with Crippen molar-refractivity contribution >= 4 is 34.7 Å². The van der Waals surface area contributed by atoms with Crippen LogP contribution in [-0.2, 0) is 0 Å². The number of ketones is 1.